The Hall–Kier alpha value is -2.10. The van der Waals surface area contributed by atoms with Gasteiger partial charge in [0.05, 0.1) is 20.1 Å². The molecule has 0 heterocycles. The van der Waals surface area contributed by atoms with E-state index in [9.17, 15) is 4.46 Å². The lowest BCUT2D eigenvalue weighted by Gasteiger charge is -2.39. The van der Waals surface area contributed by atoms with Crippen molar-refractivity contribution in [2.24, 2.45) is 0 Å². The number of nitrogens with zero attached hydrogens (tertiary/aromatic N) is 1. The Balaban J connectivity index is 1.65. The summed E-state index contributed by atoms with van der Waals surface area (Å²) in [5.74, 6) is 0. The molecule has 0 saturated heterocycles. The van der Waals surface area contributed by atoms with Crippen molar-refractivity contribution in [2.45, 2.75) is 51.0 Å². The highest BCUT2D eigenvalue weighted by atomic mass is 28.3. The molecular weight excluding hydrogens is 370 g/mol. The van der Waals surface area contributed by atoms with E-state index in [-0.39, 0.29) is 0 Å². The molecule has 0 unspecified atom stereocenters. The van der Waals surface area contributed by atoms with E-state index in [0.29, 0.717) is 10.2 Å². The second-order valence-electron chi connectivity index (χ2n) is 9.30. The van der Waals surface area contributed by atoms with Gasteiger partial charge in [-0.2, -0.15) is 0 Å². The summed E-state index contributed by atoms with van der Waals surface area (Å²) < 4.78 is 14.8. The molecule has 0 spiro atoms. The van der Waals surface area contributed by atoms with Crippen molar-refractivity contribution in [2.75, 3.05) is 14.1 Å². The maximum absolute atomic E-state index is 14.1. The van der Waals surface area contributed by atoms with Crippen molar-refractivity contribution in [3.8, 4) is 0 Å². The molecule has 3 aliphatic carbocycles. The number of hydrogen-bond donors (Lipinski definition) is 0. The van der Waals surface area contributed by atoms with Crippen LogP contribution in [0.3, 0.4) is 0 Å². The smallest absolute Gasteiger partial charge is 0.327 e. The van der Waals surface area contributed by atoms with Gasteiger partial charge in [-0.25, -0.2) is 0 Å². The van der Waals surface area contributed by atoms with Crippen LogP contribution in [0.15, 0.2) is 59.8 Å². The standard InChI is InChI=1S/C26H30NOSi/c1-27(2,21-12-4-3-5-13-21)29(28)25-17-16-24-22-14-8-6-10-19(22)18-20-11-7-9-15-23(20)26(24)25/h6-11,14-16,21H,3-5,12-13,17-18H2,1-2H3/q+1. The normalized spacial score (nSPS) is 19.2. The minimum Gasteiger partial charge on any atom is -0.327 e. The quantitative estimate of drug-likeness (QED) is 0.604. The third-order valence-corrected chi connectivity index (χ3v) is 9.71. The van der Waals surface area contributed by atoms with E-state index >= 15 is 0 Å². The van der Waals surface area contributed by atoms with Crippen LogP contribution in [-0.4, -0.2) is 33.1 Å². The summed E-state index contributed by atoms with van der Waals surface area (Å²) in [7, 11) is 2.49. The van der Waals surface area contributed by atoms with Gasteiger partial charge in [0.15, 0.2) is 0 Å². The third kappa shape index (κ3) is 3.12. The summed E-state index contributed by atoms with van der Waals surface area (Å²) in [4.78, 5) is 0. The molecule has 0 radical (unpaired) electrons. The van der Waals surface area contributed by atoms with Gasteiger partial charge in [-0.15, -0.1) is 0 Å². The van der Waals surface area contributed by atoms with Gasteiger partial charge in [0.1, 0.15) is 0 Å². The average Bonchev–Trinajstić information content (AvgIpc) is 3.13. The van der Waals surface area contributed by atoms with Gasteiger partial charge < -0.3 is 8.61 Å². The fourth-order valence-electron chi connectivity index (χ4n) is 5.62. The maximum atomic E-state index is 14.1. The molecule has 148 valence electrons. The van der Waals surface area contributed by atoms with Crippen LogP contribution in [0.4, 0.5) is 0 Å². The SMILES string of the molecule is C[N+](C)(C1CCCCC1)[Si](=O)C1=C2C(=CC1)c1ccccc1Cc1ccccc12. The van der Waals surface area contributed by atoms with Crippen LogP contribution in [0.5, 0.6) is 0 Å². The number of allylic oxidation sites excluding steroid dienone is 4. The summed E-state index contributed by atoms with van der Waals surface area (Å²) in [6.45, 7) is 0. The average molecular weight is 401 g/mol. The Morgan fingerprint density at radius 1 is 0.862 bits per heavy atom. The Bertz CT molecular complexity index is 1040. The number of benzene rings is 2. The molecule has 2 aromatic carbocycles. The summed E-state index contributed by atoms with van der Waals surface area (Å²) in [5.41, 5.74) is 7.94. The van der Waals surface area contributed by atoms with Gasteiger partial charge in [0.25, 0.3) is 0 Å². The number of rotatable bonds is 3. The first-order valence-corrected chi connectivity index (χ1v) is 12.4. The maximum Gasteiger partial charge on any atom is 0.587 e. The van der Waals surface area contributed by atoms with Crippen molar-refractivity contribution in [1.82, 2.24) is 0 Å². The van der Waals surface area contributed by atoms with Crippen molar-refractivity contribution >= 4 is 20.0 Å². The summed E-state index contributed by atoms with van der Waals surface area (Å²) in [5, 5.41) is 1.20. The first-order valence-electron chi connectivity index (χ1n) is 11.1. The first-order chi connectivity index (χ1) is 14.1. The van der Waals surface area contributed by atoms with Gasteiger partial charge in [-0.3, -0.25) is 0 Å². The third-order valence-electron chi connectivity index (χ3n) is 7.33. The van der Waals surface area contributed by atoms with E-state index in [1.165, 1.54) is 70.7 Å². The van der Waals surface area contributed by atoms with E-state index in [0.717, 1.165) is 12.8 Å². The van der Waals surface area contributed by atoms with Crippen LogP contribution >= 0.6 is 0 Å². The largest absolute Gasteiger partial charge is 0.587 e. The molecule has 1 saturated carbocycles. The highest BCUT2D eigenvalue weighted by molar-refractivity contribution is 6.49. The molecule has 2 nitrogen and oxygen atoms in total. The summed E-state index contributed by atoms with van der Waals surface area (Å²) >= 11 is 0. The molecular formula is C26H30NOSi+. The Morgan fingerprint density at radius 3 is 2.21 bits per heavy atom. The van der Waals surface area contributed by atoms with Crippen LogP contribution in [0.25, 0.3) is 11.1 Å². The molecule has 0 amide bonds. The Morgan fingerprint density at radius 2 is 1.48 bits per heavy atom. The number of fused-ring (bicyclic) bond motifs is 5. The monoisotopic (exact) mass is 400 g/mol. The Kier molecular flexibility index (Phi) is 4.76. The van der Waals surface area contributed by atoms with Gasteiger partial charge in [-0.05, 0) is 71.9 Å². The lowest BCUT2D eigenvalue weighted by Crippen LogP contribution is -2.56. The number of quaternary nitrogens is 1. The fourth-order valence-corrected chi connectivity index (χ4v) is 7.66. The van der Waals surface area contributed by atoms with Gasteiger partial charge in [0, 0.05) is 5.20 Å². The summed E-state index contributed by atoms with van der Waals surface area (Å²) in [6, 6.07) is 18.1. The molecule has 5 rings (SSSR count). The van der Waals surface area contributed by atoms with Crippen molar-refractivity contribution < 1.29 is 8.61 Å². The van der Waals surface area contributed by atoms with E-state index in [1.54, 1.807) is 0 Å². The fraction of sp³-hybridized carbons (Fsp3) is 0.385. The molecule has 29 heavy (non-hydrogen) atoms. The van der Waals surface area contributed by atoms with E-state index in [1.807, 2.05) is 0 Å². The zero-order chi connectivity index (χ0) is 20.0. The lowest BCUT2D eigenvalue weighted by atomic mass is 9.95. The molecule has 3 aliphatic rings. The van der Waals surface area contributed by atoms with Crippen LogP contribution in [0, 0.1) is 0 Å². The number of hydrogen-bond acceptors (Lipinski definition) is 1. The zero-order valence-corrected chi connectivity index (χ0v) is 18.6. The molecule has 0 N–H and O–H groups in total. The van der Waals surface area contributed by atoms with Crippen molar-refractivity contribution in [1.29, 1.82) is 0 Å². The van der Waals surface area contributed by atoms with Crippen LogP contribution in [0.1, 0.15) is 60.8 Å². The van der Waals surface area contributed by atoms with E-state index in [2.05, 4.69) is 68.7 Å². The van der Waals surface area contributed by atoms with Crippen LogP contribution in [-0.2, 0) is 10.9 Å². The molecule has 0 aliphatic heterocycles. The second kappa shape index (κ2) is 7.30. The predicted octanol–water partition coefficient (Wildman–Crippen LogP) is 5.70. The van der Waals surface area contributed by atoms with Gasteiger partial charge in [0.2, 0.25) is 0 Å². The predicted molar refractivity (Wildman–Crippen MR) is 121 cm³/mol. The topological polar surface area (TPSA) is 17.1 Å². The highest BCUT2D eigenvalue weighted by Crippen LogP contribution is 2.46. The Labute approximate surface area is 175 Å². The van der Waals surface area contributed by atoms with E-state index in [4.69, 9.17) is 0 Å². The minimum atomic E-state index is -1.96. The van der Waals surface area contributed by atoms with Gasteiger partial charge in [-0.1, -0.05) is 61.0 Å². The molecule has 0 bridgehead atoms. The minimum absolute atomic E-state index is 0.528. The summed E-state index contributed by atoms with van der Waals surface area (Å²) in [6.07, 6.45) is 10.5. The van der Waals surface area contributed by atoms with Crippen molar-refractivity contribution in [3.63, 3.8) is 0 Å². The van der Waals surface area contributed by atoms with Crippen molar-refractivity contribution in [3.05, 3.63) is 82.1 Å². The molecule has 0 aromatic heterocycles. The molecule has 2 aromatic rings. The highest BCUT2D eigenvalue weighted by Gasteiger charge is 2.44. The van der Waals surface area contributed by atoms with Crippen LogP contribution < -0.4 is 0 Å². The van der Waals surface area contributed by atoms with Crippen LogP contribution in [0.2, 0.25) is 0 Å². The second-order valence-corrected chi connectivity index (χ2v) is 11.7. The molecule has 1 fully saturated rings. The van der Waals surface area contributed by atoms with E-state index < -0.39 is 8.84 Å². The lowest BCUT2D eigenvalue weighted by molar-refractivity contribution is -0.815. The van der Waals surface area contributed by atoms with Gasteiger partial charge >= 0.3 is 8.84 Å². The zero-order valence-electron chi connectivity index (χ0n) is 17.6. The molecule has 3 heteroatoms. The first kappa shape index (κ1) is 18.9. The molecule has 0 atom stereocenters.